The zero-order chi connectivity index (χ0) is 16.9. The maximum Gasteiger partial charge on any atom is 0.471 e. The number of allylic oxidation sites excluding steroid dienone is 1. The quantitative estimate of drug-likeness (QED) is 0.825. The van der Waals surface area contributed by atoms with E-state index in [1.165, 1.54) is 43.2 Å². The number of anilines is 2. The Hall–Kier alpha value is -2.31. The molecule has 0 saturated heterocycles. The molecule has 1 aromatic rings. The lowest BCUT2D eigenvalue weighted by Crippen LogP contribution is -2.29. The lowest BCUT2D eigenvalue weighted by atomic mass is 10.1. The predicted octanol–water partition coefficient (Wildman–Crippen LogP) is 3.87. The molecular formula is C16H17F3N2O2. The number of hydrogen-bond donors (Lipinski definition) is 2. The van der Waals surface area contributed by atoms with E-state index in [0.29, 0.717) is 11.6 Å². The highest BCUT2D eigenvalue weighted by Gasteiger charge is 2.38. The molecule has 1 aromatic carbocycles. The van der Waals surface area contributed by atoms with Crippen LogP contribution in [0.3, 0.4) is 0 Å². The first-order valence-corrected chi connectivity index (χ1v) is 7.32. The van der Waals surface area contributed by atoms with Crippen LogP contribution in [0.1, 0.15) is 25.7 Å². The van der Waals surface area contributed by atoms with E-state index >= 15 is 0 Å². The van der Waals surface area contributed by atoms with Crippen LogP contribution in [-0.4, -0.2) is 18.0 Å². The van der Waals surface area contributed by atoms with E-state index in [1.54, 1.807) is 5.32 Å². The molecule has 1 fully saturated rings. The fraction of sp³-hybridized carbons (Fsp3) is 0.375. The molecule has 2 N–H and O–H groups in total. The van der Waals surface area contributed by atoms with Crippen LogP contribution in [0.2, 0.25) is 0 Å². The summed E-state index contributed by atoms with van der Waals surface area (Å²) in [5.41, 5.74) is 0.447. The van der Waals surface area contributed by atoms with Crippen molar-refractivity contribution in [2.75, 3.05) is 10.6 Å². The second-order valence-electron chi connectivity index (χ2n) is 5.42. The highest BCUT2D eigenvalue weighted by atomic mass is 19.4. The van der Waals surface area contributed by atoms with Crippen molar-refractivity contribution in [3.05, 3.63) is 36.4 Å². The van der Waals surface area contributed by atoms with Crippen LogP contribution in [-0.2, 0) is 9.59 Å². The molecule has 7 heteroatoms. The minimum absolute atomic E-state index is 0.00632. The highest BCUT2D eigenvalue weighted by molar-refractivity contribution is 5.99. The van der Waals surface area contributed by atoms with Gasteiger partial charge >= 0.3 is 12.1 Å². The maximum absolute atomic E-state index is 12.1. The van der Waals surface area contributed by atoms with Gasteiger partial charge < -0.3 is 10.6 Å². The summed E-state index contributed by atoms with van der Waals surface area (Å²) in [6.45, 7) is 0. The van der Waals surface area contributed by atoms with E-state index in [9.17, 15) is 22.8 Å². The molecule has 4 nitrogen and oxygen atoms in total. The summed E-state index contributed by atoms with van der Waals surface area (Å²) in [4.78, 5) is 22.5. The summed E-state index contributed by atoms with van der Waals surface area (Å²) in [5.74, 6) is -1.88. The molecule has 0 radical (unpaired) electrons. The number of carbonyl (C=O) groups excluding carboxylic acids is 2. The molecule has 1 aliphatic carbocycles. The summed E-state index contributed by atoms with van der Waals surface area (Å²) >= 11 is 0. The third-order valence-electron chi connectivity index (χ3n) is 3.59. The lowest BCUT2D eigenvalue weighted by Gasteiger charge is -2.09. The van der Waals surface area contributed by atoms with Crippen molar-refractivity contribution in [3.8, 4) is 0 Å². The van der Waals surface area contributed by atoms with Gasteiger partial charge in [0.05, 0.1) is 0 Å². The van der Waals surface area contributed by atoms with Crippen molar-refractivity contribution < 1.29 is 22.8 Å². The van der Waals surface area contributed by atoms with Crippen molar-refractivity contribution in [1.82, 2.24) is 0 Å². The molecule has 0 unspecified atom stereocenters. The fourth-order valence-corrected chi connectivity index (χ4v) is 2.40. The zero-order valence-electron chi connectivity index (χ0n) is 12.3. The first-order chi connectivity index (χ1) is 10.8. The molecule has 0 atom stereocenters. The average Bonchev–Trinajstić information content (AvgIpc) is 2.99. The van der Waals surface area contributed by atoms with Crippen LogP contribution in [0.5, 0.6) is 0 Å². The SMILES string of the molecule is O=C(/C=C/C1CCCC1)Nc1ccc(NC(=O)C(F)(F)F)cc1. The Bertz CT molecular complexity index is 588. The molecular weight excluding hydrogens is 309 g/mol. The fourth-order valence-electron chi connectivity index (χ4n) is 2.40. The van der Waals surface area contributed by atoms with Gasteiger partial charge in [-0.2, -0.15) is 13.2 Å². The molecule has 23 heavy (non-hydrogen) atoms. The van der Waals surface area contributed by atoms with Gasteiger partial charge in [-0.3, -0.25) is 9.59 Å². The molecule has 0 aliphatic heterocycles. The Labute approximate surface area is 131 Å². The van der Waals surface area contributed by atoms with Crippen LogP contribution in [0.25, 0.3) is 0 Å². The Morgan fingerprint density at radius 3 is 2.04 bits per heavy atom. The summed E-state index contributed by atoms with van der Waals surface area (Å²) < 4.78 is 36.4. The van der Waals surface area contributed by atoms with E-state index in [1.807, 2.05) is 6.08 Å². The minimum atomic E-state index is -4.93. The van der Waals surface area contributed by atoms with Crippen LogP contribution in [0, 0.1) is 5.92 Å². The Balaban J connectivity index is 1.87. The van der Waals surface area contributed by atoms with Crippen molar-refractivity contribution in [3.63, 3.8) is 0 Å². The Kier molecular flexibility index (Phi) is 5.41. The van der Waals surface area contributed by atoms with Gasteiger partial charge in [-0.1, -0.05) is 18.9 Å². The number of amides is 2. The standard InChI is InChI=1S/C16H17F3N2O2/c17-16(18,19)15(23)21-13-8-6-12(7-9-13)20-14(22)10-5-11-3-1-2-4-11/h5-11H,1-4H2,(H,20,22)(H,21,23)/b10-5+. The van der Waals surface area contributed by atoms with Gasteiger partial charge in [0.15, 0.2) is 0 Å². The van der Waals surface area contributed by atoms with Crippen molar-refractivity contribution in [2.45, 2.75) is 31.9 Å². The van der Waals surface area contributed by atoms with Crippen LogP contribution < -0.4 is 10.6 Å². The van der Waals surface area contributed by atoms with E-state index in [0.717, 1.165) is 12.8 Å². The van der Waals surface area contributed by atoms with Crippen molar-refractivity contribution in [2.24, 2.45) is 5.92 Å². The first-order valence-electron chi connectivity index (χ1n) is 7.32. The van der Waals surface area contributed by atoms with Gasteiger partial charge in [0.2, 0.25) is 5.91 Å². The zero-order valence-corrected chi connectivity index (χ0v) is 12.3. The van der Waals surface area contributed by atoms with Crippen LogP contribution in [0.4, 0.5) is 24.5 Å². The van der Waals surface area contributed by atoms with Gasteiger partial charge in [-0.05, 0) is 49.1 Å². The molecule has 0 heterocycles. The number of carbonyl (C=O) groups is 2. The van der Waals surface area contributed by atoms with Gasteiger partial charge in [-0.25, -0.2) is 0 Å². The second-order valence-corrected chi connectivity index (χ2v) is 5.42. The normalized spacial score (nSPS) is 15.8. The third kappa shape index (κ3) is 5.43. The van der Waals surface area contributed by atoms with Crippen molar-refractivity contribution >= 4 is 23.2 Å². The van der Waals surface area contributed by atoms with Crippen LogP contribution >= 0.6 is 0 Å². The number of rotatable bonds is 4. The Morgan fingerprint density at radius 1 is 1.00 bits per heavy atom. The van der Waals surface area contributed by atoms with E-state index < -0.39 is 12.1 Å². The molecule has 2 amide bonds. The van der Waals surface area contributed by atoms with Gasteiger partial charge in [0, 0.05) is 11.4 Å². The first kappa shape index (κ1) is 17.1. The monoisotopic (exact) mass is 326 g/mol. The topological polar surface area (TPSA) is 58.2 Å². The summed E-state index contributed by atoms with van der Waals surface area (Å²) in [6.07, 6.45) is 2.99. The molecule has 0 bridgehead atoms. The van der Waals surface area contributed by atoms with Gasteiger partial charge in [0.1, 0.15) is 0 Å². The molecule has 0 aromatic heterocycles. The van der Waals surface area contributed by atoms with E-state index in [4.69, 9.17) is 0 Å². The molecule has 124 valence electrons. The highest BCUT2D eigenvalue weighted by Crippen LogP contribution is 2.25. The number of hydrogen-bond acceptors (Lipinski definition) is 2. The molecule has 0 spiro atoms. The van der Waals surface area contributed by atoms with E-state index in [2.05, 4.69) is 5.32 Å². The number of benzene rings is 1. The minimum Gasteiger partial charge on any atom is -0.323 e. The second kappa shape index (κ2) is 7.30. The number of alkyl halides is 3. The van der Waals surface area contributed by atoms with E-state index in [-0.39, 0.29) is 11.6 Å². The predicted molar refractivity (Wildman–Crippen MR) is 80.9 cm³/mol. The van der Waals surface area contributed by atoms with Crippen molar-refractivity contribution in [1.29, 1.82) is 0 Å². The summed E-state index contributed by atoms with van der Waals surface area (Å²) in [6, 6.07) is 5.43. The molecule has 1 saturated carbocycles. The Morgan fingerprint density at radius 2 is 1.52 bits per heavy atom. The third-order valence-corrected chi connectivity index (χ3v) is 3.59. The smallest absolute Gasteiger partial charge is 0.323 e. The number of nitrogens with one attached hydrogen (secondary N) is 2. The van der Waals surface area contributed by atoms with Gasteiger partial charge in [-0.15, -0.1) is 0 Å². The molecule has 2 rings (SSSR count). The summed E-state index contributed by atoms with van der Waals surface area (Å²) in [7, 11) is 0. The number of halogens is 3. The van der Waals surface area contributed by atoms with Gasteiger partial charge in [0.25, 0.3) is 0 Å². The average molecular weight is 326 g/mol. The molecule has 1 aliphatic rings. The largest absolute Gasteiger partial charge is 0.471 e. The summed E-state index contributed by atoms with van der Waals surface area (Å²) in [5, 5.41) is 4.35. The lowest BCUT2D eigenvalue weighted by molar-refractivity contribution is -0.167. The maximum atomic E-state index is 12.1. The van der Waals surface area contributed by atoms with Crippen LogP contribution in [0.15, 0.2) is 36.4 Å².